The van der Waals surface area contributed by atoms with E-state index in [1.807, 2.05) is 84.8 Å². The molecule has 0 radical (unpaired) electrons. The molecule has 0 amide bonds. The molecule has 0 saturated heterocycles. The molecule has 16 rings (SSSR count). The van der Waals surface area contributed by atoms with Gasteiger partial charge in [-0.05, 0) is 161 Å². The Labute approximate surface area is 853 Å². The molecule has 17 nitrogen and oxygen atoms in total. The third-order valence-corrected chi connectivity index (χ3v) is 24.3. The van der Waals surface area contributed by atoms with Gasteiger partial charge in [-0.2, -0.15) is 9.13 Å². The van der Waals surface area contributed by atoms with E-state index in [1.165, 1.54) is 114 Å². The Morgan fingerprint density at radius 2 is 0.852 bits per heavy atom. The number of aryl methyl sites for hydroxylation is 8. The minimum absolute atomic E-state index is 0. The lowest BCUT2D eigenvalue weighted by molar-refractivity contribution is -0.673. The minimum atomic E-state index is -0.726. The van der Waals surface area contributed by atoms with Crippen LogP contribution in [0.15, 0.2) is 271 Å². The number of carboxylic acids is 4. The quantitative estimate of drug-likeness (QED) is 0.0204. The van der Waals surface area contributed by atoms with Crippen LogP contribution in [-0.2, 0) is 53.4 Å². The maximum Gasteiger partial charge on any atom is 0.303 e. The van der Waals surface area contributed by atoms with Crippen molar-refractivity contribution in [3.8, 4) is 0 Å². The number of alkyl halides is 4. The first-order valence-electron chi connectivity index (χ1n) is 41.4. The van der Waals surface area contributed by atoms with Crippen molar-refractivity contribution in [3.63, 3.8) is 0 Å². The van der Waals surface area contributed by atoms with Crippen LogP contribution in [0.25, 0.3) is 80.3 Å². The Kier molecular flexibility index (Phi) is 61.2. The molecule has 128 heavy (non-hydrogen) atoms. The molecule has 1 aliphatic heterocycles. The number of para-hydroxylation sites is 8. The van der Waals surface area contributed by atoms with Crippen LogP contribution < -0.4 is 103 Å². The second-order valence-electron chi connectivity index (χ2n) is 28.1. The number of halogens is 8. The molecule has 1 aliphatic rings. The second-order valence-corrected chi connectivity index (χ2v) is 34.5. The van der Waals surface area contributed by atoms with E-state index < -0.39 is 23.9 Å². The number of carboxylic acid groups (broad SMARTS) is 4. The van der Waals surface area contributed by atoms with Crippen LogP contribution in [0, 0.1) is 20.8 Å². The Hall–Kier alpha value is -7.24. The number of rotatable bonds is 23. The summed E-state index contributed by atoms with van der Waals surface area (Å²) in [5, 5.41) is 45.2. The molecule has 7 aromatic heterocycles. The summed E-state index contributed by atoms with van der Waals surface area (Å²) >= 11 is 22.0. The molecule has 0 bridgehead atoms. The van der Waals surface area contributed by atoms with Crippen molar-refractivity contribution in [1.82, 2.24) is 14.9 Å². The number of nitrogens with zero attached hydrogens (tertiary/aromatic N) is 9. The monoisotopic (exact) mass is 2330 g/mol. The van der Waals surface area contributed by atoms with Gasteiger partial charge in [-0.25, -0.2) is 18.7 Å². The van der Waals surface area contributed by atoms with E-state index in [9.17, 15) is 19.2 Å². The number of benzene rings is 8. The summed E-state index contributed by atoms with van der Waals surface area (Å²) in [5.41, 5.74) is 10.8. The maximum absolute atomic E-state index is 10.8. The van der Waals surface area contributed by atoms with Gasteiger partial charge in [0.15, 0.2) is 18.6 Å². The molecule has 8 heterocycles. The Balaban J connectivity index is 0.000000740. The number of fused-ring (bicyclic) bond motifs is 8. The van der Waals surface area contributed by atoms with Gasteiger partial charge < -0.3 is 107 Å². The number of aliphatic carboxylic acids is 4. The van der Waals surface area contributed by atoms with Crippen molar-refractivity contribution in [3.05, 3.63) is 287 Å². The van der Waals surface area contributed by atoms with Crippen LogP contribution in [0.4, 0.5) is 5.69 Å². The van der Waals surface area contributed by atoms with E-state index in [0.29, 0.717) is 12.8 Å². The van der Waals surface area contributed by atoms with Crippen LogP contribution in [0.2, 0.25) is 0 Å². The maximum atomic E-state index is 10.8. The van der Waals surface area contributed by atoms with Gasteiger partial charge in [0, 0.05) is 140 Å². The fourth-order valence-electron chi connectivity index (χ4n) is 13.2. The number of hydrogen-bond acceptors (Lipinski definition) is 12. The summed E-state index contributed by atoms with van der Waals surface area (Å²) in [6, 6.07) is 81.0. The number of hydrogen-bond donors (Lipinski definition) is 4. The van der Waals surface area contributed by atoms with Crippen LogP contribution >= 0.6 is 107 Å². The van der Waals surface area contributed by atoms with E-state index in [0.717, 1.165) is 86.0 Å². The average molecular weight is 2340 g/mol. The lowest BCUT2D eigenvalue weighted by atomic mass is 10.1. The van der Waals surface area contributed by atoms with Gasteiger partial charge in [-0.1, -0.05) is 203 Å². The summed E-state index contributed by atoms with van der Waals surface area (Å²) in [7, 11) is 6.18. The van der Waals surface area contributed by atoms with E-state index in [2.05, 4.69) is 331 Å². The molecule has 0 unspecified atom stereocenters. The standard InChI is InChI=1S/C23H22N2O2S.2C13H15NO2S.2C10H10N.C9H7N.C8H7NS.C6H15N.C5H9BrO2.CH2Cl2.CH3I.3BrH.HI.H/c1-24-15-13-17(18-8-2-3-9-19(18)24)16-22-25(14-7-6-12-23(26)27)20-10-4-5-11-21(20)28-22;2*1-10-14(9-5-4-8-13(15)16)11-6-2-3-7-12(11)17-10;2*1-11-8-4-6-9-5-2-3-7-10(9)11;1-2-6-9-8(4-1)5-3-7-10-9;1-6-9-7-4-2-3-5-8(7)10-6;1-4-7(5-2)6-3;6-4-2-1-3-5(7)8;2-1-3;1-2;;;;;/h2-5,8-11,13,15-16H,6-7,12,14H2,1H3;2*2-3,6-7H,4-5,8-9H2,1H3;2*2-8H,1H3;1-7H;2-5H,1H3;4-6H2,1-3H3;1-4H2,(H,7,8);1H2;1H3;4*1H;/q;;;2*+1;;;;;;;;;;;-1/p-1/i;;;;;;;;;;;;;;;1+2. The largest absolute Gasteiger partial charge is 1.00 e. The summed E-state index contributed by atoms with van der Waals surface area (Å²) in [5.74, 6) is -2.84. The van der Waals surface area contributed by atoms with Crippen molar-refractivity contribution in [2.24, 2.45) is 21.1 Å². The van der Waals surface area contributed by atoms with Gasteiger partial charge in [0.25, 0.3) is 0 Å². The molecular formula is C99H119Br4Cl2I2N9O8S4. The van der Waals surface area contributed by atoms with E-state index in [-0.39, 0.29) is 101 Å². The fraction of sp³-hybridized carbons (Fsp3) is 0.303. The highest BCUT2D eigenvalue weighted by atomic mass is 127. The van der Waals surface area contributed by atoms with Crippen molar-refractivity contribution in [2.75, 3.05) is 46.7 Å². The summed E-state index contributed by atoms with van der Waals surface area (Å²) < 4.78 is 14.8. The summed E-state index contributed by atoms with van der Waals surface area (Å²) in [6.07, 6.45) is 17.9. The number of unbranched alkanes of at least 4 members (excludes halogenated alkanes) is 4. The molecule has 0 saturated carbocycles. The number of pyridine rings is 4. The first-order valence-corrected chi connectivity index (χ1v) is 49.1. The summed E-state index contributed by atoms with van der Waals surface area (Å²) in [4.78, 5) is 58.0. The van der Waals surface area contributed by atoms with E-state index >= 15 is 0 Å². The van der Waals surface area contributed by atoms with Crippen molar-refractivity contribution in [2.45, 2.75) is 137 Å². The SMILES string of the molecule is CCN(CC)CC.CI.C[n+]1ccc(/C=C2\Sc3ccccc3N2CCCCC(=O)O)c2ccccc21.C[n+]1cccc2ccccc21.C[n+]1cccc2ccccc21.Cc1nc2ccccc2s1.Cc1sc2ccccc2[n+]1CCCCC(=O)O.Cc1sc2ccccc2[n+]1CCCCC(=O)O.ClCCl.O=C(O)CCCCBr.[3H-].[Br-].[Br-].[Br-].[I-].c1ccc2ncccc2c1. The zero-order valence-corrected chi connectivity index (χ0v) is 89.6. The molecule has 29 heteroatoms. The van der Waals surface area contributed by atoms with Gasteiger partial charge in [-0.15, -0.1) is 34.5 Å². The van der Waals surface area contributed by atoms with Crippen LogP contribution in [0.5, 0.6) is 0 Å². The van der Waals surface area contributed by atoms with Crippen LogP contribution in [-0.4, -0.2) is 101 Å². The first-order chi connectivity index (χ1) is 60.1. The number of thiazole rings is 3. The molecule has 15 aromatic rings. The van der Waals surface area contributed by atoms with E-state index in [1.54, 1.807) is 45.8 Å². The molecule has 688 valence electrons. The zero-order chi connectivity index (χ0) is 90.0. The predicted octanol–water partition coefficient (Wildman–Crippen LogP) is 12.1. The van der Waals surface area contributed by atoms with Crippen molar-refractivity contribution < 1.29 is 139 Å². The molecular weight excluding hydrogens is 2220 g/mol. The topological polar surface area (TPSA) is 201 Å². The van der Waals surface area contributed by atoms with Crippen LogP contribution in [0.1, 0.15) is 120 Å². The third kappa shape index (κ3) is 40.9. The van der Waals surface area contributed by atoms with Crippen molar-refractivity contribution in [1.29, 1.82) is 0 Å². The zero-order valence-electron chi connectivity index (χ0n) is 75.1. The first kappa shape index (κ1) is 117. The number of anilines is 1. The fourth-order valence-corrected chi connectivity index (χ4v) is 17.6. The molecule has 0 spiro atoms. The Bertz CT molecular complexity index is 5520. The molecule has 4 N–H and O–H groups in total. The number of aromatic nitrogens is 7. The van der Waals surface area contributed by atoms with Gasteiger partial charge in [0.05, 0.1) is 42.2 Å². The van der Waals surface area contributed by atoms with Crippen LogP contribution in [0.3, 0.4) is 0 Å². The highest BCUT2D eigenvalue weighted by Crippen LogP contribution is 2.47. The van der Waals surface area contributed by atoms with Gasteiger partial charge in [-0.3, -0.25) is 24.2 Å². The minimum Gasteiger partial charge on any atom is -1.00 e. The number of carbonyl (C=O) groups is 4. The third-order valence-electron chi connectivity index (χ3n) is 19.5. The Morgan fingerprint density at radius 3 is 1.31 bits per heavy atom. The number of thioether (sulfide) groups is 1. The van der Waals surface area contributed by atoms with Gasteiger partial charge >= 0.3 is 23.9 Å². The molecule has 8 aromatic carbocycles. The average Bonchev–Trinajstić information content (AvgIpc) is 1.79. The highest BCUT2D eigenvalue weighted by Gasteiger charge is 2.26. The normalized spacial score (nSPS) is 10.8. The molecule has 0 aliphatic carbocycles. The second kappa shape index (κ2) is 67.0. The molecule has 0 fully saturated rings. The Morgan fingerprint density at radius 1 is 0.461 bits per heavy atom. The van der Waals surface area contributed by atoms with Crippen molar-refractivity contribution >= 4 is 217 Å². The van der Waals surface area contributed by atoms with Gasteiger partial charge in [0.1, 0.15) is 43.6 Å². The lowest BCUT2D eigenvalue weighted by Gasteiger charge is -2.20. The lowest BCUT2D eigenvalue weighted by Crippen LogP contribution is -3.00. The van der Waals surface area contributed by atoms with Gasteiger partial charge in [0.2, 0.25) is 37.6 Å². The van der Waals surface area contributed by atoms with E-state index in [4.69, 9.17) is 43.6 Å². The highest BCUT2D eigenvalue weighted by molar-refractivity contribution is 14.1. The molecule has 0 atom stereocenters. The summed E-state index contributed by atoms with van der Waals surface area (Å²) in [6.45, 7) is 19.0. The smallest absolute Gasteiger partial charge is 0.303 e. The predicted molar refractivity (Wildman–Crippen MR) is 533 cm³/mol.